The van der Waals surface area contributed by atoms with Crippen LogP contribution in [0.3, 0.4) is 0 Å². The molecule has 64 heavy (non-hydrogen) atoms. The van der Waals surface area contributed by atoms with Crippen molar-refractivity contribution in [2.24, 2.45) is 5.92 Å². The highest BCUT2D eigenvalue weighted by atomic mass is 16.6. The maximum atomic E-state index is 14.2. The molecular weight excluding hydrogens is 809 g/mol. The highest BCUT2D eigenvalue weighted by molar-refractivity contribution is 5.91. The van der Waals surface area contributed by atoms with Crippen LogP contribution in [0.5, 0.6) is 0 Å². The van der Waals surface area contributed by atoms with Crippen LogP contribution >= 0.6 is 0 Å². The number of carbonyl (C=O) groups is 4. The van der Waals surface area contributed by atoms with Crippen molar-refractivity contribution in [1.82, 2.24) is 41.0 Å². The van der Waals surface area contributed by atoms with Gasteiger partial charge in [0.15, 0.2) is 0 Å². The second-order valence-corrected chi connectivity index (χ2v) is 18.2. The normalized spacial score (nSPS) is 19.4. The van der Waals surface area contributed by atoms with E-state index in [1.54, 1.807) is 20.8 Å². The Labute approximate surface area is 374 Å². The van der Waals surface area contributed by atoms with Gasteiger partial charge in [0.1, 0.15) is 29.7 Å². The average Bonchev–Trinajstić information content (AvgIpc) is 4.13. The lowest BCUT2D eigenvalue weighted by Gasteiger charge is -2.34. The molecule has 0 radical (unpaired) electrons. The van der Waals surface area contributed by atoms with Crippen LogP contribution < -0.4 is 21.3 Å². The molecule has 3 aliphatic rings. The molecule has 2 fully saturated rings. The molecule has 14 nitrogen and oxygen atoms in total. The minimum Gasteiger partial charge on any atom is -0.453 e. The summed E-state index contributed by atoms with van der Waals surface area (Å²) in [5.41, 5.74) is 5.98. The Hall–Kier alpha value is -6.83. The number of aromatic amines is 1. The predicted octanol–water partition coefficient (Wildman–Crippen LogP) is 8.02. The van der Waals surface area contributed by atoms with Gasteiger partial charge < -0.3 is 45.5 Å². The monoisotopic (exact) mass is 866 g/mol. The van der Waals surface area contributed by atoms with Gasteiger partial charge in [0.2, 0.25) is 5.91 Å². The molecule has 5 aromatic rings. The molecule has 334 valence electrons. The maximum Gasteiger partial charge on any atom is 0.408 e. The van der Waals surface area contributed by atoms with Gasteiger partial charge in [-0.3, -0.25) is 9.59 Å². The highest BCUT2D eigenvalue weighted by Crippen LogP contribution is 2.35. The Balaban J connectivity index is 0.915. The van der Waals surface area contributed by atoms with Crippen molar-refractivity contribution in [2.75, 3.05) is 20.2 Å². The molecule has 0 aliphatic carbocycles. The number of rotatable bonds is 11. The van der Waals surface area contributed by atoms with E-state index in [0.717, 1.165) is 70.1 Å². The van der Waals surface area contributed by atoms with Crippen LogP contribution in [0, 0.1) is 5.92 Å². The number of nitrogens with zero attached hydrogens (tertiary/aromatic N) is 3. The molecule has 0 saturated carbocycles. The second kappa shape index (κ2) is 18.5. The summed E-state index contributed by atoms with van der Waals surface area (Å²) in [7, 11) is 1.30. The Bertz CT molecular complexity index is 2530. The SMILES string of the molecule is COC(=O)N[C@H](C(=O)N1CCC[C@H]1C1NC=C(c2ccc3cc(-c4ccc(-c5cnc([C@@H]6CCCN6C(=O)[C@H](NC(=O)OC(C)(C)C)c6ccccc6)[nH]5)cc4)ccc3c2)N1)C(C)C. The predicted molar refractivity (Wildman–Crippen MR) is 246 cm³/mol. The number of benzene rings is 4. The van der Waals surface area contributed by atoms with Crippen LogP contribution in [0.1, 0.15) is 89.3 Å². The van der Waals surface area contributed by atoms with Crippen molar-refractivity contribution in [3.05, 3.63) is 120 Å². The van der Waals surface area contributed by atoms with Gasteiger partial charge in [-0.05, 0) is 103 Å². The zero-order chi connectivity index (χ0) is 45.1. The average molecular weight is 867 g/mol. The third kappa shape index (κ3) is 9.55. The zero-order valence-electron chi connectivity index (χ0n) is 37.3. The number of hydrogen-bond donors (Lipinski definition) is 5. The van der Waals surface area contributed by atoms with Gasteiger partial charge in [0.05, 0.1) is 36.8 Å². The number of alkyl carbamates (subject to hydrolysis) is 2. The summed E-state index contributed by atoms with van der Waals surface area (Å²) in [6.07, 6.45) is 5.68. The molecule has 4 amide bonds. The van der Waals surface area contributed by atoms with Crippen LogP contribution in [0.2, 0.25) is 0 Å². The van der Waals surface area contributed by atoms with Crippen molar-refractivity contribution in [3.63, 3.8) is 0 Å². The van der Waals surface area contributed by atoms with Crippen LogP contribution in [0.15, 0.2) is 103 Å². The van der Waals surface area contributed by atoms with Crippen LogP contribution in [-0.2, 0) is 19.1 Å². The highest BCUT2D eigenvalue weighted by Gasteiger charge is 2.41. The largest absolute Gasteiger partial charge is 0.453 e. The lowest BCUT2D eigenvalue weighted by atomic mass is 9.98. The molecular formula is C50H58N8O6. The molecule has 1 unspecified atom stereocenters. The number of nitrogens with one attached hydrogen (secondary N) is 5. The number of methoxy groups -OCH3 is 1. The molecule has 0 spiro atoms. The number of ether oxygens (including phenoxy) is 2. The molecule has 3 aliphatic heterocycles. The molecule has 5 N–H and O–H groups in total. The van der Waals surface area contributed by atoms with Gasteiger partial charge in [0, 0.05) is 19.3 Å². The van der Waals surface area contributed by atoms with E-state index in [1.807, 2.05) is 66.4 Å². The summed E-state index contributed by atoms with van der Waals surface area (Å²) < 4.78 is 10.3. The summed E-state index contributed by atoms with van der Waals surface area (Å²) in [6.45, 7) is 10.4. The molecule has 0 bridgehead atoms. The number of H-pyrrole nitrogens is 1. The Morgan fingerprint density at radius 2 is 1.42 bits per heavy atom. The van der Waals surface area contributed by atoms with Crippen LogP contribution in [0.25, 0.3) is 38.9 Å². The van der Waals surface area contributed by atoms with Crippen molar-refractivity contribution >= 4 is 40.5 Å². The first kappa shape index (κ1) is 43.8. The van der Waals surface area contributed by atoms with Gasteiger partial charge in [-0.15, -0.1) is 0 Å². The zero-order valence-corrected chi connectivity index (χ0v) is 37.3. The van der Waals surface area contributed by atoms with Gasteiger partial charge in [-0.2, -0.15) is 0 Å². The quantitative estimate of drug-likeness (QED) is 0.0883. The summed E-state index contributed by atoms with van der Waals surface area (Å²) in [5.74, 6) is 0.310. The van der Waals surface area contributed by atoms with Gasteiger partial charge in [-0.25, -0.2) is 14.6 Å². The first-order valence-corrected chi connectivity index (χ1v) is 22.2. The first-order valence-electron chi connectivity index (χ1n) is 22.2. The topological polar surface area (TPSA) is 170 Å². The van der Waals surface area contributed by atoms with E-state index in [1.165, 1.54) is 7.11 Å². The van der Waals surface area contributed by atoms with Gasteiger partial charge in [0.25, 0.3) is 5.91 Å². The minimum absolute atomic E-state index is 0.0745. The maximum absolute atomic E-state index is 14.2. The first-order chi connectivity index (χ1) is 30.8. The number of aromatic nitrogens is 2. The standard InChI is InChI=1S/C50H58N8O6/c1-30(2)42(55-48(61)63-6)46(59)57-24-10-14-40(57)45-52-29-39(54-45)37-23-22-35-26-34(20-21-36(35)27-37)31-16-18-32(19-17-31)38-28-51-44(53-38)41-15-11-25-58(41)47(60)43(33-12-8-7-9-13-33)56-49(62)64-50(3,4)5/h7-9,12-13,16-23,26-30,40-43,45,52,54H,10-11,14-15,24-25H2,1-6H3,(H,51,53)(H,55,61)(H,56,62)/t40-,41-,42-,43+,45?/m0/s1. The van der Waals surface area contributed by atoms with Crippen molar-refractivity contribution in [1.29, 1.82) is 0 Å². The van der Waals surface area contributed by atoms with Gasteiger partial charge in [-0.1, -0.05) is 92.7 Å². The summed E-state index contributed by atoms with van der Waals surface area (Å²) >= 11 is 0. The molecule has 2 saturated heterocycles. The van der Waals surface area contributed by atoms with E-state index in [2.05, 4.69) is 86.9 Å². The fourth-order valence-corrected chi connectivity index (χ4v) is 9.02. The molecule has 4 heterocycles. The molecule has 5 atom stereocenters. The smallest absolute Gasteiger partial charge is 0.408 e. The Morgan fingerprint density at radius 1 is 0.766 bits per heavy atom. The minimum atomic E-state index is -0.904. The lowest BCUT2D eigenvalue weighted by Crippen LogP contribution is -2.57. The number of likely N-dealkylation sites (tertiary alicyclic amines) is 2. The van der Waals surface area contributed by atoms with E-state index in [-0.39, 0.29) is 36.0 Å². The fourth-order valence-electron chi connectivity index (χ4n) is 9.02. The van der Waals surface area contributed by atoms with Crippen LogP contribution in [-0.4, -0.2) is 87.8 Å². The van der Waals surface area contributed by atoms with Crippen molar-refractivity contribution in [2.45, 2.75) is 96.2 Å². The molecule has 14 heteroatoms. The summed E-state index contributed by atoms with van der Waals surface area (Å²) in [4.78, 5) is 64.6. The van der Waals surface area contributed by atoms with E-state index < -0.39 is 29.9 Å². The van der Waals surface area contributed by atoms with Gasteiger partial charge >= 0.3 is 12.2 Å². The van der Waals surface area contributed by atoms with Crippen molar-refractivity contribution in [3.8, 4) is 22.4 Å². The Kier molecular flexibility index (Phi) is 12.7. The third-order valence-corrected chi connectivity index (χ3v) is 12.2. The molecule has 1 aromatic heterocycles. The number of amides is 4. The third-order valence-electron chi connectivity index (χ3n) is 12.2. The number of fused-ring (bicyclic) bond motifs is 1. The van der Waals surface area contributed by atoms with E-state index in [4.69, 9.17) is 14.5 Å². The van der Waals surface area contributed by atoms with Crippen LogP contribution in [0.4, 0.5) is 9.59 Å². The number of hydrogen-bond acceptors (Lipinski definition) is 9. The van der Waals surface area contributed by atoms with E-state index in [9.17, 15) is 19.2 Å². The molecule has 4 aromatic carbocycles. The van der Waals surface area contributed by atoms with E-state index >= 15 is 0 Å². The summed E-state index contributed by atoms with van der Waals surface area (Å²) in [5, 5.41) is 14.9. The lowest BCUT2D eigenvalue weighted by molar-refractivity contribution is -0.136. The fraction of sp³-hybridized carbons (Fsp3) is 0.380. The van der Waals surface area contributed by atoms with E-state index in [0.29, 0.717) is 24.5 Å². The number of imidazole rings is 1. The van der Waals surface area contributed by atoms with Crippen molar-refractivity contribution < 1.29 is 28.7 Å². The molecule has 8 rings (SSSR count). The Morgan fingerprint density at radius 3 is 2.12 bits per heavy atom. The summed E-state index contributed by atoms with van der Waals surface area (Å²) in [6, 6.07) is 28.6. The number of carbonyl (C=O) groups excluding carboxylic acids is 4. The second-order valence-electron chi connectivity index (χ2n) is 18.2.